The second kappa shape index (κ2) is 29.9. The molecule has 1 aromatic heterocycles. The summed E-state index contributed by atoms with van der Waals surface area (Å²) in [5.74, 6) is -2.04. The molecule has 11 rings (SSSR count). The minimum atomic E-state index is -2.02. The van der Waals surface area contributed by atoms with Gasteiger partial charge in [-0.05, 0) is 116 Å². The van der Waals surface area contributed by atoms with Crippen molar-refractivity contribution in [1.29, 1.82) is 0 Å². The maximum Gasteiger partial charge on any atom is 0.340 e. The van der Waals surface area contributed by atoms with Crippen LogP contribution in [0.1, 0.15) is 142 Å². The molecule has 2 aromatic rings. The van der Waals surface area contributed by atoms with Gasteiger partial charge >= 0.3 is 11.9 Å². The van der Waals surface area contributed by atoms with Crippen molar-refractivity contribution in [2.75, 3.05) is 35.5 Å². The summed E-state index contributed by atoms with van der Waals surface area (Å²) in [6.07, 6.45) is -5.71. The Morgan fingerprint density at radius 2 is 1.15 bits per heavy atom. The average molecular weight is 1350 g/mol. The number of aliphatic hydroxyl groups is 5. The van der Waals surface area contributed by atoms with Gasteiger partial charge in [0.25, 0.3) is 0 Å². The van der Waals surface area contributed by atoms with Gasteiger partial charge in [0.15, 0.2) is 31.5 Å². The van der Waals surface area contributed by atoms with Crippen molar-refractivity contribution >= 4 is 18.0 Å². The lowest BCUT2D eigenvalue weighted by molar-refractivity contribution is -0.358. The summed E-state index contributed by atoms with van der Waals surface area (Å²) in [4.78, 5) is 31.6. The molecule has 9 aliphatic rings. The van der Waals surface area contributed by atoms with Gasteiger partial charge < -0.3 is 106 Å². The molecule has 5 N–H and O–H groups in total. The maximum absolute atomic E-state index is 14.0. The molecule has 536 valence electrons. The summed E-state index contributed by atoms with van der Waals surface area (Å²) in [6.45, 7) is 14.6. The van der Waals surface area contributed by atoms with E-state index in [1.54, 1.807) is 67.4 Å². The largest absolute Gasteiger partial charge is 0.458 e. The molecule has 5 saturated heterocycles. The fraction of sp³-hybridized carbons (Fsp3) is 0.761. The molecule has 25 nitrogen and oxygen atoms in total. The van der Waals surface area contributed by atoms with Crippen molar-refractivity contribution in [3.63, 3.8) is 0 Å². The van der Waals surface area contributed by atoms with Gasteiger partial charge in [0.2, 0.25) is 0 Å². The SMILES string of the molecule is CO[C@@H]1[C@@H](O)[C@H](O[C@@H]2[C@@H](C)O[C@@H](O[C@@H]3[C@@H](C)O[C@@H](O[C@H]4[C@@H](OC)C[C@H](O[C@H]5[C@@H](OC)C[C@H](O[C@H]6CC[C@@]7(C)C(=CC[C@]8(O)[C@@H]7C[C@@H](OC(=O)/C=C/c7ccccc7)[C@@]7(C)[C@]8(O)CC[C@@]7(O)[C@H](C)OC(=O)c7cccnc7)C6)O[C@@H]5C)O[C@@H]4C)C[C@H]3OC)C[C@H]2OC)O[C@H](C)[C@H]1O. The first-order valence-electron chi connectivity index (χ1n) is 34.2. The highest BCUT2D eigenvalue weighted by atomic mass is 16.8. The molecule has 0 radical (unpaired) electrons. The molecule has 0 amide bonds. The third-order valence-corrected chi connectivity index (χ3v) is 23.2. The number of hydrogen-bond acceptors (Lipinski definition) is 25. The highest BCUT2D eigenvalue weighted by Crippen LogP contribution is 2.71. The Labute approximate surface area is 562 Å². The zero-order valence-electron chi connectivity index (χ0n) is 57.6. The molecular formula is C71H103NO24. The van der Waals surface area contributed by atoms with Crippen LogP contribution < -0.4 is 0 Å². The van der Waals surface area contributed by atoms with Crippen LogP contribution in [0.5, 0.6) is 0 Å². The second-order valence-electron chi connectivity index (χ2n) is 28.4. The predicted molar refractivity (Wildman–Crippen MR) is 340 cm³/mol. The second-order valence-corrected chi connectivity index (χ2v) is 28.4. The lowest BCUT2D eigenvalue weighted by Crippen LogP contribution is -2.78. The Bertz CT molecular complexity index is 2990. The maximum atomic E-state index is 14.0. The van der Waals surface area contributed by atoms with Crippen LogP contribution in [-0.2, 0) is 85.3 Å². The van der Waals surface area contributed by atoms with E-state index < -0.39 is 187 Å². The number of esters is 2. The molecule has 25 heteroatoms. The zero-order valence-corrected chi connectivity index (χ0v) is 57.6. The Morgan fingerprint density at radius 3 is 1.66 bits per heavy atom. The Kier molecular flexibility index (Phi) is 22.8. The van der Waals surface area contributed by atoms with Gasteiger partial charge in [-0.25, -0.2) is 9.59 Å². The van der Waals surface area contributed by atoms with Crippen LogP contribution in [0.4, 0.5) is 0 Å². The fourth-order valence-corrected chi connectivity index (χ4v) is 17.7. The van der Waals surface area contributed by atoms with E-state index in [1.807, 2.05) is 64.1 Å². The Hall–Kier alpha value is -4.01. The molecule has 5 aliphatic heterocycles. The molecule has 0 bridgehead atoms. The van der Waals surface area contributed by atoms with Gasteiger partial charge in [0.05, 0.1) is 72.0 Å². The van der Waals surface area contributed by atoms with Gasteiger partial charge in [-0.15, -0.1) is 0 Å². The van der Waals surface area contributed by atoms with Crippen molar-refractivity contribution in [2.45, 2.75) is 290 Å². The summed E-state index contributed by atoms with van der Waals surface area (Å²) >= 11 is 0. The number of ether oxygens (including phenoxy) is 17. The van der Waals surface area contributed by atoms with Crippen LogP contribution in [0.3, 0.4) is 0 Å². The first kappa shape index (κ1) is 73.2. The van der Waals surface area contributed by atoms with E-state index in [9.17, 15) is 35.1 Å². The third-order valence-electron chi connectivity index (χ3n) is 23.2. The summed E-state index contributed by atoms with van der Waals surface area (Å²) in [7, 11) is 7.87. The van der Waals surface area contributed by atoms with Crippen LogP contribution in [0.15, 0.2) is 72.6 Å². The molecule has 1 aromatic carbocycles. The summed E-state index contributed by atoms with van der Waals surface area (Å²) in [5.41, 5.74) is -6.20. The van der Waals surface area contributed by atoms with Crippen molar-refractivity contribution in [3.05, 3.63) is 83.7 Å². The number of aromatic nitrogens is 1. The van der Waals surface area contributed by atoms with Gasteiger partial charge in [-0.2, -0.15) is 0 Å². The molecule has 8 fully saturated rings. The average Bonchev–Trinajstić information content (AvgIpc) is 1.38. The van der Waals surface area contributed by atoms with Crippen molar-refractivity contribution < 1.29 is 116 Å². The molecule has 4 aliphatic carbocycles. The van der Waals surface area contributed by atoms with Gasteiger partial charge in [-0.3, -0.25) is 4.98 Å². The van der Waals surface area contributed by atoms with E-state index in [-0.39, 0.29) is 43.8 Å². The highest BCUT2D eigenvalue weighted by Gasteiger charge is 2.81. The number of carbonyl (C=O) groups excluding carboxylic acids is 2. The molecule has 6 heterocycles. The minimum Gasteiger partial charge on any atom is -0.458 e. The topological polar surface area (TPSA) is 305 Å². The van der Waals surface area contributed by atoms with E-state index in [0.29, 0.717) is 38.5 Å². The van der Waals surface area contributed by atoms with Gasteiger partial charge in [0.1, 0.15) is 71.7 Å². The van der Waals surface area contributed by atoms with E-state index in [0.717, 1.165) is 11.1 Å². The molecular weight excluding hydrogens is 1250 g/mol. The number of benzene rings is 1. The number of hydrogen-bond donors (Lipinski definition) is 5. The van der Waals surface area contributed by atoms with Crippen molar-refractivity contribution in [2.24, 2.45) is 16.7 Å². The smallest absolute Gasteiger partial charge is 0.340 e. The number of pyridine rings is 1. The number of nitrogens with zero attached hydrogens (tertiary/aromatic N) is 1. The summed E-state index contributed by atoms with van der Waals surface area (Å²) in [5, 5.41) is 61.4. The highest BCUT2D eigenvalue weighted by molar-refractivity contribution is 5.89. The number of methoxy groups -OCH3 is 5. The van der Waals surface area contributed by atoms with Crippen LogP contribution >= 0.6 is 0 Å². The van der Waals surface area contributed by atoms with Crippen molar-refractivity contribution in [3.8, 4) is 0 Å². The first-order valence-corrected chi connectivity index (χ1v) is 34.2. The zero-order chi connectivity index (χ0) is 68.8. The van der Waals surface area contributed by atoms with E-state index in [1.165, 1.54) is 25.6 Å². The van der Waals surface area contributed by atoms with E-state index in [2.05, 4.69) is 11.9 Å². The number of rotatable bonds is 21. The first-order chi connectivity index (χ1) is 45.8. The van der Waals surface area contributed by atoms with Gasteiger partial charge in [-0.1, -0.05) is 55.8 Å². The number of carbonyl (C=O) groups is 2. The van der Waals surface area contributed by atoms with Crippen LogP contribution in [-0.4, -0.2) is 242 Å². The molecule has 0 spiro atoms. The fourth-order valence-electron chi connectivity index (χ4n) is 17.7. The van der Waals surface area contributed by atoms with E-state index in [4.69, 9.17) is 80.5 Å². The Morgan fingerprint density at radius 1 is 0.615 bits per heavy atom. The summed E-state index contributed by atoms with van der Waals surface area (Å²) < 4.78 is 107. The molecule has 0 unspecified atom stereocenters. The Balaban J connectivity index is 0.694. The normalized spacial score (nSPS) is 46.0. The van der Waals surface area contributed by atoms with Crippen molar-refractivity contribution in [1.82, 2.24) is 4.98 Å². The molecule has 30 atom stereocenters. The lowest BCUT2D eigenvalue weighted by Gasteiger charge is -2.67. The van der Waals surface area contributed by atoms with Crippen LogP contribution in [0.25, 0.3) is 6.08 Å². The predicted octanol–water partition coefficient (Wildman–Crippen LogP) is 5.79. The quantitative estimate of drug-likeness (QED) is 0.0561. The molecule has 96 heavy (non-hydrogen) atoms. The summed E-state index contributed by atoms with van der Waals surface area (Å²) in [6, 6.07) is 12.5. The third kappa shape index (κ3) is 13.8. The number of aliphatic hydroxyl groups excluding tert-OH is 2. The molecule has 3 saturated carbocycles. The van der Waals surface area contributed by atoms with Crippen LogP contribution in [0.2, 0.25) is 0 Å². The number of fused-ring (bicyclic) bond motifs is 5. The lowest BCUT2D eigenvalue weighted by atomic mass is 9.42. The van der Waals surface area contributed by atoms with Crippen LogP contribution in [0, 0.1) is 16.7 Å². The van der Waals surface area contributed by atoms with E-state index >= 15 is 0 Å². The standard InChI is InChI=1S/C71H103NO24/c1-37-58(74)64(84-13)59(75)66(89-37)96-63-41(5)88-57(34-50(63)83-12)95-62-40(4)87-56(33-49(62)82-11)94-61-39(3)86-55(32-48(61)81-10)93-60-38(2)85-54(31-47(60)80-9)91-46-24-25-67(7)45(30-46)23-26-70(78)51(67)35-52(92-53(73)22-21-43-18-15-14-16-19-43)68(8)69(77,27-28-71(68,70)79)42(6)90-65(76)44-20-17-29-72-36-44/h14-23,29,36-42,46-52,54-64,66,74-75,77-79H,24-28,30-35H2,1-13H3/b22-21+/t37-,38-,39-,40-,41-,42+,46+,47+,48+,49-,50-,51-,52-,54+,55+,56+,57+,58-,59-,60-,61-,62-,63-,64+,66+,67+,68-,69-,70+,71-/m1/s1. The minimum absolute atomic E-state index is 0.0522. The monoisotopic (exact) mass is 1350 g/mol. The van der Waals surface area contributed by atoms with Gasteiger partial charge in [0, 0.05) is 85.6 Å².